The molecule has 0 heterocycles. The normalized spacial score (nSPS) is 11.8. The third-order valence-corrected chi connectivity index (χ3v) is 4.32. The number of benzene rings is 1. The fourth-order valence-electron chi connectivity index (χ4n) is 1.35. The van der Waals surface area contributed by atoms with Crippen LogP contribution >= 0.6 is 0 Å². The van der Waals surface area contributed by atoms with Crippen molar-refractivity contribution in [3.05, 3.63) is 29.8 Å². The molecule has 0 N–H and O–H groups in total. The molecular formula is C13H22O6Si. The van der Waals surface area contributed by atoms with Gasteiger partial charge in [0.1, 0.15) is 0 Å². The van der Waals surface area contributed by atoms with E-state index in [0.29, 0.717) is 25.0 Å². The minimum atomic E-state index is -3.42. The molecule has 0 radical (unpaired) electrons. The number of rotatable bonds is 10. The molecule has 0 saturated heterocycles. The van der Waals surface area contributed by atoms with Crippen LogP contribution in [0, 0.1) is 6.92 Å². The monoisotopic (exact) mass is 302 g/mol. The third kappa shape index (κ3) is 4.95. The summed E-state index contributed by atoms with van der Waals surface area (Å²) >= 11 is 0. The van der Waals surface area contributed by atoms with Crippen LogP contribution in [-0.4, -0.2) is 28.6 Å². The lowest BCUT2D eigenvalue weighted by atomic mass is 10.2. The molecule has 1 aromatic rings. The molecule has 0 aromatic heterocycles. The average molecular weight is 302 g/mol. The lowest BCUT2D eigenvalue weighted by Gasteiger charge is -2.25. The molecule has 0 unspecified atom stereocenters. The Hall–Kier alpha value is -0.803. The Morgan fingerprint density at radius 1 is 0.750 bits per heavy atom. The molecule has 0 atom stereocenters. The van der Waals surface area contributed by atoms with Crippen molar-refractivity contribution in [2.75, 3.05) is 19.8 Å². The van der Waals surface area contributed by atoms with Gasteiger partial charge in [-0.15, -0.1) is 0 Å². The molecule has 0 amide bonds. The van der Waals surface area contributed by atoms with E-state index in [0.717, 1.165) is 5.56 Å². The van der Waals surface area contributed by atoms with Crippen molar-refractivity contribution in [1.29, 1.82) is 0 Å². The summed E-state index contributed by atoms with van der Waals surface area (Å²) in [5.41, 5.74) is 1.11. The Morgan fingerprint density at radius 2 is 1.15 bits per heavy atom. The van der Waals surface area contributed by atoms with E-state index >= 15 is 0 Å². The fourth-order valence-corrected chi connectivity index (χ4v) is 3.12. The summed E-state index contributed by atoms with van der Waals surface area (Å²) in [6.07, 6.45) is 0. The Kier molecular flexibility index (Phi) is 7.93. The maximum Gasteiger partial charge on any atom is 0.620 e. The van der Waals surface area contributed by atoms with Crippen LogP contribution in [-0.2, 0) is 28.4 Å². The molecule has 6 nitrogen and oxygen atoms in total. The van der Waals surface area contributed by atoms with Gasteiger partial charge < -0.3 is 0 Å². The van der Waals surface area contributed by atoms with E-state index in [4.69, 9.17) is 28.4 Å². The van der Waals surface area contributed by atoms with E-state index in [1.807, 2.05) is 31.2 Å². The lowest BCUT2D eigenvalue weighted by Crippen LogP contribution is -2.56. The predicted molar refractivity (Wildman–Crippen MR) is 74.7 cm³/mol. The predicted octanol–water partition coefficient (Wildman–Crippen LogP) is 2.05. The maximum absolute atomic E-state index is 5.35. The second-order valence-electron chi connectivity index (χ2n) is 3.89. The minimum absolute atomic E-state index is 0.353. The van der Waals surface area contributed by atoms with Crippen LogP contribution in [0.15, 0.2) is 24.3 Å². The topological polar surface area (TPSA) is 55.4 Å². The highest BCUT2D eigenvalue weighted by atomic mass is 28.4. The highest BCUT2D eigenvalue weighted by Gasteiger charge is 2.50. The first kappa shape index (κ1) is 17.2. The van der Waals surface area contributed by atoms with Crippen molar-refractivity contribution < 1.29 is 28.4 Å². The van der Waals surface area contributed by atoms with Gasteiger partial charge in [0.2, 0.25) is 0 Å². The Morgan fingerprint density at radius 3 is 1.50 bits per heavy atom. The molecule has 7 heteroatoms. The molecule has 0 spiro atoms. The lowest BCUT2D eigenvalue weighted by molar-refractivity contribution is -0.354. The van der Waals surface area contributed by atoms with E-state index in [1.165, 1.54) is 0 Å². The molecule has 0 aliphatic heterocycles. The van der Waals surface area contributed by atoms with Crippen molar-refractivity contribution in [3.63, 3.8) is 0 Å². The van der Waals surface area contributed by atoms with Crippen molar-refractivity contribution >= 4 is 14.0 Å². The molecule has 0 aliphatic rings. The van der Waals surface area contributed by atoms with Gasteiger partial charge in [-0.05, 0) is 27.7 Å². The van der Waals surface area contributed by atoms with Crippen LogP contribution in [0.4, 0.5) is 0 Å². The van der Waals surface area contributed by atoms with Crippen LogP contribution in [0.5, 0.6) is 0 Å². The van der Waals surface area contributed by atoms with Gasteiger partial charge in [0.05, 0.1) is 19.8 Å². The molecule has 1 rings (SSSR count). The summed E-state index contributed by atoms with van der Waals surface area (Å²) in [6, 6.07) is 7.55. The maximum atomic E-state index is 5.35. The number of aryl methyl sites for hydroxylation is 1. The zero-order valence-electron chi connectivity index (χ0n) is 12.4. The molecular weight excluding hydrogens is 280 g/mol. The van der Waals surface area contributed by atoms with Crippen LogP contribution in [0.2, 0.25) is 0 Å². The molecule has 0 aliphatic carbocycles. The van der Waals surface area contributed by atoms with Gasteiger partial charge in [0.25, 0.3) is 0 Å². The van der Waals surface area contributed by atoms with Gasteiger partial charge in [-0.25, -0.2) is 28.4 Å². The Labute approximate surface area is 120 Å². The molecule has 0 saturated carbocycles. The highest BCUT2D eigenvalue weighted by Crippen LogP contribution is 2.13. The standard InChI is InChI=1S/C13H22O6Si/c1-5-14-17-20(18-15-6-2,19-16-7-3)13-10-8-12(4)9-11-13/h8-11H,5-7H2,1-4H3. The third-order valence-electron chi connectivity index (χ3n) is 2.26. The molecule has 1 aromatic carbocycles. The number of hydrogen-bond donors (Lipinski definition) is 0. The van der Waals surface area contributed by atoms with Gasteiger partial charge in [-0.1, -0.05) is 29.8 Å². The highest BCUT2D eigenvalue weighted by molar-refractivity contribution is 6.74. The second kappa shape index (κ2) is 9.19. The summed E-state index contributed by atoms with van der Waals surface area (Å²) in [5, 5.41) is 0.693. The summed E-state index contributed by atoms with van der Waals surface area (Å²) in [5.74, 6) is 0. The molecule has 114 valence electrons. The molecule has 20 heavy (non-hydrogen) atoms. The van der Waals surface area contributed by atoms with E-state index in [-0.39, 0.29) is 0 Å². The van der Waals surface area contributed by atoms with Gasteiger partial charge >= 0.3 is 8.80 Å². The number of hydrogen-bond acceptors (Lipinski definition) is 6. The molecule has 0 bridgehead atoms. The summed E-state index contributed by atoms with van der Waals surface area (Å²) in [4.78, 5) is 15.1. The van der Waals surface area contributed by atoms with Crippen molar-refractivity contribution in [3.8, 4) is 0 Å². The van der Waals surface area contributed by atoms with Crippen LogP contribution < -0.4 is 5.19 Å². The van der Waals surface area contributed by atoms with E-state index in [2.05, 4.69) is 0 Å². The quantitative estimate of drug-likeness (QED) is 0.374. The van der Waals surface area contributed by atoms with Crippen LogP contribution in [0.1, 0.15) is 26.3 Å². The van der Waals surface area contributed by atoms with Gasteiger partial charge in [0.15, 0.2) is 0 Å². The Bertz CT molecular complexity index is 348. The van der Waals surface area contributed by atoms with Crippen molar-refractivity contribution in [2.24, 2.45) is 0 Å². The van der Waals surface area contributed by atoms with Gasteiger partial charge in [-0.2, -0.15) is 0 Å². The first-order valence-corrected chi connectivity index (χ1v) is 8.40. The smallest absolute Gasteiger partial charge is 0.243 e. The van der Waals surface area contributed by atoms with Crippen molar-refractivity contribution in [1.82, 2.24) is 0 Å². The zero-order chi connectivity index (χ0) is 14.8. The minimum Gasteiger partial charge on any atom is -0.243 e. The zero-order valence-corrected chi connectivity index (χ0v) is 13.4. The summed E-state index contributed by atoms with van der Waals surface area (Å²) in [6.45, 7) is 8.45. The molecule has 0 fully saturated rings. The van der Waals surface area contributed by atoms with Gasteiger partial charge in [-0.3, -0.25) is 0 Å². The average Bonchev–Trinajstić information content (AvgIpc) is 2.48. The van der Waals surface area contributed by atoms with Crippen molar-refractivity contribution in [2.45, 2.75) is 27.7 Å². The Balaban J connectivity index is 3.00. The van der Waals surface area contributed by atoms with E-state index in [1.54, 1.807) is 20.8 Å². The SMILES string of the molecule is CCOO[Si](OOCC)(OOCC)c1ccc(C)cc1. The largest absolute Gasteiger partial charge is 0.620 e. The van der Waals surface area contributed by atoms with Crippen LogP contribution in [0.25, 0.3) is 0 Å². The van der Waals surface area contributed by atoms with E-state index in [9.17, 15) is 0 Å². The first-order valence-electron chi connectivity index (χ1n) is 6.67. The summed E-state index contributed by atoms with van der Waals surface area (Å²) in [7, 11) is -3.42. The van der Waals surface area contributed by atoms with Crippen LogP contribution in [0.3, 0.4) is 0 Å². The summed E-state index contributed by atoms with van der Waals surface area (Å²) < 4.78 is 16.1. The van der Waals surface area contributed by atoms with E-state index < -0.39 is 8.80 Å². The van der Waals surface area contributed by atoms with Gasteiger partial charge in [0, 0.05) is 5.19 Å². The second-order valence-corrected chi connectivity index (χ2v) is 6.08. The fraction of sp³-hybridized carbons (Fsp3) is 0.538. The first-order chi connectivity index (χ1) is 9.68.